The van der Waals surface area contributed by atoms with Crippen molar-refractivity contribution < 1.29 is 31.5 Å². The smallest absolute Gasteiger partial charge is 0.417 e. The summed E-state index contributed by atoms with van der Waals surface area (Å²) in [6.07, 6.45) is -1.07. The Hall–Kier alpha value is -2.98. The SMILES string of the molecule is NS(=O)(=O)c1ccc(C2=CC(C(=O)O)C=C2c2ccc(C(F)(F)F)cn2)cc1. The van der Waals surface area contributed by atoms with Crippen LogP contribution in [0.25, 0.3) is 11.1 Å². The topological polar surface area (TPSA) is 110 Å². The third-order valence-electron chi connectivity index (χ3n) is 4.13. The first-order valence-electron chi connectivity index (χ1n) is 7.80. The van der Waals surface area contributed by atoms with E-state index in [-0.39, 0.29) is 10.6 Å². The molecule has 0 aliphatic heterocycles. The fourth-order valence-corrected chi connectivity index (χ4v) is 3.26. The minimum absolute atomic E-state index is 0.122. The van der Waals surface area contributed by atoms with Crippen LogP contribution < -0.4 is 5.14 Å². The molecule has 1 aliphatic rings. The van der Waals surface area contributed by atoms with E-state index in [2.05, 4.69) is 4.98 Å². The van der Waals surface area contributed by atoms with Crippen molar-refractivity contribution in [1.29, 1.82) is 0 Å². The lowest BCUT2D eigenvalue weighted by Gasteiger charge is -2.11. The van der Waals surface area contributed by atoms with Gasteiger partial charge in [0.1, 0.15) is 0 Å². The van der Waals surface area contributed by atoms with Crippen molar-refractivity contribution >= 4 is 27.1 Å². The van der Waals surface area contributed by atoms with Gasteiger partial charge >= 0.3 is 12.1 Å². The molecule has 6 nitrogen and oxygen atoms in total. The van der Waals surface area contributed by atoms with E-state index >= 15 is 0 Å². The molecule has 1 aliphatic carbocycles. The fourth-order valence-electron chi connectivity index (χ4n) is 2.75. The van der Waals surface area contributed by atoms with Gasteiger partial charge < -0.3 is 5.11 Å². The number of sulfonamides is 1. The maximum Gasteiger partial charge on any atom is 0.417 e. The average Bonchev–Trinajstić information content (AvgIpc) is 3.06. The molecule has 0 amide bonds. The monoisotopic (exact) mass is 410 g/mol. The molecule has 0 saturated heterocycles. The number of aromatic nitrogens is 1. The van der Waals surface area contributed by atoms with E-state index in [9.17, 15) is 31.5 Å². The van der Waals surface area contributed by atoms with E-state index in [0.717, 1.165) is 12.1 Å². The second-order valence-electron chi connectivity index (χ2n) is 6.02. The summed E-state index contributed by atoms with van der Waals surface area (Å²) in [4.78, 5) is 15.1. The molecule has 1 aromatic heterocycles. The van der Waals surface area contributed by atoms with Gasteiger partial charge in [0.2, 0.25) is 10.0 Å². The summed E-state index contributed by atoms with van der Waals surface area (Å²) in [7, 11) is -3.90. The number of allylic oxidation sites excluding steroid dienone is 2. The zero-order chi connectivity index (χ0) is 20.7. The van der Waals surface area contributed by atoms with Crippen molar-refractivity contribution in [2.45, 2.75) is 11.1 Å². The van der Waals surface area contributed by atoms with Gasteiger partial charge in [0.25, 0.3) is 0 Å². The summed E-state index contributed by atoms with van der Waals surface area (Å²) in [6, 6.07) is 7.42. The van der Waals surface area contributed by atoms with Crippen molar-refractivity contribution in [3.63, 3.8) is 0 Å². The van der Waals surface area contributed by atoms with Gasteiger partial charge in [-0.1, -0.05) is 24.3 Å². The van der Waals surface area contributed by atoms with Crippen LogP contribution in [0.15, 0.2) is 59.6 Å². The molecular weight excluding hydrogens is 397 g/mol. The molecule has 0 radical (unpaired) electrons. The van der Waals surface area contributed by atoms with Crippen LogP contribution in [0.2, 0.25) is 0 Å². The lowest BCUT2D eigenvalue weighted by molar-refractivity contribution is -0.139. The first-order chi connectivity index (χ1) is 13.0. The molecule has 3 N–H and O–H groups in total. The zero-order valence-electron chi connectivity index (χ0n) is 14.0. The molecule has 0 spiro atoms. The van der Waals surface area contributed by atoms with Crippen LogP contribution in [-0.2, 0) is 21.0 Å². The van der Waals surface area contributed by atoms with E-state index in [1.807, 2.05) is 0 Å². The molecule has 0 saturated carbocycles. The van der Waals surface area contributed by atoms with Gasteiger partial charge in [-0.2, -0.15) is 13.2 Å². The average molecular weight is 410 g/mol. The lowest BCUT2D eigenvalue weighted by Crippen LogP contribution is -2.11. The van der Waals surface area contributed by atoms with Crippen molar-refractivity contribution in [2.75, 3.05) is 0 Å². The van der Waals surface area contributed by atoms with Crippen LogP contribution >= 0.6 is 0 Å². The number of hydrogen-bond acceptors (Lipinski definition) is 4. The Balaban J connectivity index is 2.03. The van der Waals surface area contributed by atoms with E-state index in [1.54, 1.807) is 0 Å². The maximum absolute atomic E-state index is 12.7. The number of benzene rings is 1. The quantitative estimate of drug-likeness (QED) is 0.805. The minimum atomic E-state index is -4.54. The Morgan fingerprint density at radius 1 is 1.04 bits per heavy atom. The second-order valence-corrected chi connectivity index (χ2v) is 7.59. The van der Waals surface area contributed by atoms with Gasteiger partial charge in [0.15, 0.2) is 0 Å². The van der Waals surface area contributed by atoms with Crippen molar-refractivity contribution in [1.82, 2.24) is 4.98 Å². The molecule has 1 heterocycles. The van der Waals surface area contributed by atoms with Crippen molar-refractivity contribution in [3.05, 3.63) is 71.6 Å². The highest BCUT2D eigenvalue weighted by molar-refractivity contribution is 7.89. The second kappa shape index (κ2) is 6.88. The highest BCUT2D eigenvalue weighted by Crippen LogP contribution is 2.39. The first kappa shape index (κ1) is 19.8. The molecule has 1 unspecified atom stereocenters. The number of alkyl halides is 3. The number of primary sulfonamides is 1. The van der Waals surface area contributed by atoms with Crippen LogP contribution in [0.5, 0.6) is 0 Å². The highest BCUT2D eigenvalue weighted by atomic mass is 32.2. The molecule has 2 aromatic rings. The number of nitrogens with zero attached hydrogens (tertiary/aromatic N) is 1. The lowest BCUT2D eigenvalue weighted by atomic mass is 9.98. The zero-order valence-corrected chi connectivity index (χ0v) is 14.8. The number of carboxylic acid groups (broad SMARTS) is 1. The predicted molar refractivity (Wildman–Crippen MR) is 94.1 cm³/mol. The van der Waals surface area contributed by atoms with Crippen LogP contribution in [0.4, 0.5) is 13.2 Å². The summed E-state index contributed by atoms with van der Waals surface area (Å²) in [5.74, 6) is -2.13. The third kappa shape index (κ3) is 3.97. The molecule has 1 atom stereocenters. The van der Waals surface area contributed by atoms with E-state index in [1.165, 1.54) is 36.4 Å². The van der Waals surface area contributed by atoms with Crippen LogP contribution in [-0.4, -0.2) is 24.5 Å². The van der Waals surface area contributed by atoms with E-state index in [0.29, 0.717) is 22.9 Å². The first-order valence-corrected chi connectivity index (χ1v) is 9.35. The Bertz CT molecular complexity index is 1090. The van der Waals surface area contributed by atoms with Gasteiger partial charge in [-0.05, 0) is 35.4 Å². The predicted octanol–water partition coefficient (Wildman–Crippen LogP) is 2.93. The summed E-state index contributed by atoms with van der Waals surface area (Å²) in [5, 5.41) is 14.3. The Morgan fingerprint density at radius 3 is 2.11 bits per heavy atom. The van der Waals surface area contributed by atoms with Gasteiger partial charge in [-0.3, -0.25) is 9.78 Å². The van der Waals surface area contributed by atoms with Gasteiger partial charge in [0, 0.05) is 11.8 Å². The molecule has 3 rings (SSSR count). The van der Waals surface area contributed by atoms with E-state index in [4.69, 9.17) is 5.14 Å². The van der Waals surface area contributed by atoms with Gasteiger partial charge in [0.05, 0.1) is 22.1 Å². The fraction of sp³-hybridized carbons (Fsp3) is 0.111. The Morgan fingerprint density at radius 2 is 1.64 bits per heavy atom. The number of carboxylic acids is 1. The summed E-state index contributed by atoms with van der Waals surface area (Å²) < 4.78 is 61.0. The number of carbonyl (C=O) groups is 1. The van der Waals surface area contributed by atoms with Gasteiger partial charge in [-0.25, -0.2) is 13.6 Å². The molecule has 0 bridgehead atoms. The molecule has 146 valence electrons. The standard InChI is InChI=1S/C18H13F3N2O4S/c19-18(20,21)12-3-6-16(23-9-12)15-8-11(17(24)25)7-14(15)10-1-4-13(5-2-10)28(22,26)27/h1-9,11H,(H,24,25)(H2,22,26,27). The highest BCUT2D eigenvalue weighted by Gasteiger charge is 2.31. The third-order valence-corrected chi connectivity index (χ3v) is 5.06. The van der Waals surface area contributed by atoms with Gasteiger partial charge in [-0.15, -0.1) is 0 Å². The van der Waals surface area contributed by atoms with Crippen LogP contribution in [0.1, 0.15) is 16.8 Å². The summed E-state index contributed by atoms with van der Waals surface area (Å²) >= 11 is 0. The van der Waals surface area contributed by atoms with E-state index < -0.39 is 33.7 Å². The number of rotatable bonds is 4. The maximum atomic E-state index is 12.7. The number of pyridine rings is 1. The Kier molecular flexibility index (Phi) is 4.86. The number of aliphatic carboxylic acids is 1. The number of halogens is 3. The molecule has 28 heavy (non-hydrogen) atoms. The minimum Gasteiger partial charge on any atom is -0.481 e. The molecule has 1 aromatic carbocycles. The van der Waals surface area contributed by atoms with Crippen LogP contribution in [0, 0.1) is 5.92 Å². The normalized spacial score (nSPS) is 17.2. The largest absolute Gasteiger partial charge is 0.481 e. The van der Waals surface area contributed by atoms with Crippen LogP contribution in [0.3, 0.4) is 0 Å². The van der Waals surface area contributed by atoms with Crippen molar-refractivity contribution in [2.24, 2.45) is 11.1 Å². The number of nitrogens with two attached hydrogens (primary N) is 1. The number of hydrogen-bond donors (Lipinski definition) is 2. The molecule has 10 heteroatoms. The summed E-state index contributed by atoms with van der Waals surface area (Å²) in [5.41, 5.74) is 0.473. The molecule has 0 fully saturated rings. The van der Waals surface area contributed by atoms with Crippen molar-refractivity contribution in [3.8, 4) is 0 Å². The summed E-state index contributed by atoms with van der Waals surface area (Å²) in [6.45, 7) is 0. The molecular formula is C18H13F3N2O4S. The Labute approximate surface area is 157 Å².